The van der Waals surface area contributed by atoms with Crippen LogP contribution in [0.4, 0.5) is 0 Å². The number of hydrogen-bond donors (Lipinski definition) is 1. The van der Waals surface area contributed by atoms with Gasteiger partial charge in [-0.2, -0.15) is 0 Å². The minimum Gasteiger partial charge on any atom is -0.493 e. The molecule has 1 aromatic carbocycles. The molecule has 0 spiro atoms. The monoisotopic (exact) mass is 251 g/mol. The van der Waals surface area contributed by atoms with Crippen LogP contribution in [-0.2, 0) is 0 Å². The summed E-state index contributed by atoms with van der Waals surface area (Å²) in [6, 6.07) is 6.36. The summed E-state index contributed by atoms with van der Waals surface area (Å²) in [7, 11) is 0. The maximum Gasteiger partial charge on any atom is 0.122 e. The first-order chi connectivity index (χ1) is 8.00. The summed E-state index contributed by atoms with van der Waals surface area (Å²) < 4.78 is 5.81. The molecular weight excluding hydrogens is 230 g/mol. The van der Waals surface area contributed by atoms with E-state index >= 15 is 0 Å². The molecule has 2 nitrogen and oxygen atoms in total. The molecular formula is C14H21NOS. The standard InChI is InChI=1S/C14H21NOS/c1-10(2)12-7-6-11(3)9-13(12)16-8-4-5-14(15)17/h6-7,9-10H,4-5,8H2,1-3H3,(H2,15,17). The van der Waals surface area contributed by atoms with Gasteiger partial charge in [0.1, 0.15) is 5.75 Å². The van der Waals surface area contributed by atoms with E-state index < -0.39 is 0 Å². The van der Waals surface area contributed by atoms with Gasteiger partial charge in [0.25, 0.3) is 0 Å². The number of thiocarbonyl (C=S) groups is 1. The van der Waals surface area contributed by atoms with Crippen LogP contribution in [0.3, 0.4) is 0 Å². The summed E-state index contributed by atoms with van der Waals surface area (Å²) in [4.78, 5) is 0.557. The van der Waals surface area contributed by atoms with Crippen LogP contribution in [0.5, 0.6) is 5.75 Å². The molecule has 0 aliphatic rings. The molecule has 0 fully saturated rings. The highest BCUT2D eigenvalue weighted by atomic mass is 32.1. The Morgan fingerprint density at radius 3 is 2.71 bits per heavy atom. The van der Waals surface area contributed by atoms with Gasteiger partial charge in [0, 0.05) is 6.42 Å². The second-order valence-corrected chi connectivity index (χ2v) is 5.14. The Kier molecular flexibility index (Phi) is 5.42. The molecule has 0 aromatic heterocycles. The number of benzene rings is 1. The molecule has 94 valence electrons. The molecule has 0 saturated heterocycles. The van der Waals surface area contributed by atoms with E-state index in [-0.39, 0.29) is 0 Å². The van der Waals surface area contributed by atoms with Gasteiger partial charge in [0.05, 0.1) is 11.6 Å². The predicted octanol–water partition coefficient (Wildman–Crippen LogP) is 3.56. The molecule has 0 amide bonds. The minimum atomic E-state index is 0.473. The Bertz CT molecular complexity index is 388. The fourth-order valence-corrected chi connectivity index (χ4v) is 1.82. The van der Waals surface area contributed by atoms with Crippen molar-refractivity contribution in [2.24, 2.45) is 5.73 Å². The lowest BCUT2D eigenvalue weighted by atomic mass is 10.0. The largest absolute Gasteiger partial charge is 0.493 e. The topological polar surface area (TPSA) is 35.2 Å². The Morgan fingerprint density at radius 1 is 1.41 bits per heavy atom. The van der Waals surface area contributed by atoms with Gasteiger partial charge in [-0.1, -0.05) is 38.2 Å². The van der Waals surface area contributed by atoms with Crippen molar-refractivity contribution in [1.82, 2.24) is 0 Å². The highest BCUT2D eigenvalue weighted by molar-refractivity contribution is 7.80. The number of aryl methyl sites for hydroxylation is 1. The summed E-state index contributed by atoms with van der Waals surface area (Å²) in [6.07, 6.45) is 1.62. The van der Waals surface area contributed by atoms with E-state index in [1.165, 1.54) is 11.1 Å². The maximum atomic E-state index is 5.81. The lowest BCUT2D eigenvalue weighted by molar-refractivity contribution is 0.309. The van der Waals surface area contributed by atoms with Gasteiger partial charge in [-0.15, -0.1) is 0 Å². The molecule has 0 aliphatic heterocycles. The van der Waals surface area contributed by atoms with Crippen molar-refractivity contribution in [3.8, 4) is 5.75 Å². The molecule has 0 atom stereocenters. The summed E-state index contributed by atoms with van der Waals surface area (Å²) >= 11 is 4.84. The zero-order chi connectivity index (χ0) is 12.8. The molecule has 0 heterocycles. The van der Waals surface area contributed by atoms with E-state index in [4.69, 9.17) is 22.7 Å². The zero-order valence-corrected chi connectivity index (χ0v) is 11.6. The van der Waals surface area contributed by atoms with Crippen LogP contribution < -0.4 is 10.5 Å². The van der Waals surface area contributed by atoms with Crippen LogP contribution in [0.25, 0.3) is 0 Å². The lowest BCUT2D eigenvalue weighted by Crippen LogP contribution is -2.10. The molecule has 0 radical (unpaired) electrons. The third-order valence-electron chi connectivity index (χ3n) is 2.62. The van der Waals surface area contributed by atoms with E-state index in [0.29, 0.717) is 17.5 Å². The van der Waals surface area contributed by atoms with Crippen molar-refractivity contribution >= 4 is 17.2 Å². The Morgan fingerprint density at radius 2 is 2.12 bits per heavy atom. The van der Waals surface area contributed by atoms with Crippen LogP contribution >= 0.6 is 12.2 Å². The predicted molar refractivity (Wildman–Crippen MR) is 76.8 cm³/mol. The Labute approximate surface area is 109 Å². The molecule has 0 aliphatic carbocycles. The average Bonchev–Trinajstić information content (AvgIpc) is 2.23. The average molecular weight is 251 g/mol. The summed E-state index contributed by atoms with van der Waals surface area (Å²) in [5.74, 6) is 1.46. The lowest BCUT2D eigenvalue weighted by Gasteiger charge is -2.14. The number of rotatable bonds is 6. The quantitative estimate of drug-likeness (QED) is 0.620. The van der Waals surface area contributed by atoms with Crippen LogP contribution in [0.1, 0.15) is 43.7 Å². The van der Waals surface area contributed by atoms with Crippen molar-refractivity contribution < 1.29 is 4.74 Å². The maximum absolute atomic E-state index is 5.81. The molecule has 1 aromatic rings. The third-order valence-corrected chi connectivity index (χ3v) is 2.82. The first-order valence-corrected chi connectivity index (χ1v) is 6.43. The van der Waals surface area contributed by atoms with Crippen LogP contribution in [0, 0.1) is 6.92 Å². The Balaban J connectivity index is 2.62. The fraction of sp³-hybridized carbons (Fsp3) is 0.500. The number of ether oxygens (including phenoxy) is 1. The van der Waals surface area contributed by atoms with E-state index in [1.807, 2.05) is 0 Å². The molecule has 0 bridgehead atoms. The number of hydrogen-bond acceptors (Lipinski definition) is 2. The van der Waals surface area contributed by atoms with Crippen molar-refractivity contribution in [3.05, 3.63) is 29.3 Å². The molecule has 17 heavy (non-hydrogen) atoms. The van der Waals surface area contributed by atoms with Gasteiger partial charge in [-0.3, -0.25) is 0 Å². The van der Waals surface area contributed by atoms with Crippen LogP contribution in [0.15, 0.2) is 18.2 Å². The highest BCUT2D eigenvalue weighted by Crippen LogP contribution is 2.27. The smallest absolute Gasteiger partial charge is 0.122 e. The normalized spacial score (nSPS) is 10.6. The van der Waals surface area contributed by atoms with Gasteiger partial charge in [0.2, 0.25) is 0 Å². The SMILES string of the molecule is Cc1ccc(C(C)C)c(OCCCC(N)=S)c1. The van der Waals surface area contributed by atoms with Gasteiger partial charge >= 0.3 is 0 Å². The van der Waals surface area contributed by atoms with Crippen molar-refractivity contribution in [2.45, 2.75) is 39.5 Å². The molecule has 0 saturated carbocycles. The molecule has 2 N–H and O–H groups in total. The fourth-order valence-electron chi connectivity index (χ4n) is 1.67. The van der Waals surface area contributed by atoms with Gasteiger partial charge in [-0.25, -0.2) is 0 Å². The van der Waals surface area contributed by atoms with Gasteiger partial charge in [-0.05, 0) is 36.5 Å². The second kappa shape index (κ2) is 6.60. The van der Waals surface area contributed by atoms with Crippen molar-refractivity contribution in [2.75, 3.05) is 6.61 Å². The summed E-state index contributed by atoms with van der Waals surface area (Å²) in [5.41, 5.74) is 7.93. The van der Waals surface area contributed by atoms with E-state index in [2.05, 4.69) is 39.0 Å². The van der Waals surface area contributed by atoms with Crippen LogP contribution in [0.2, 0.25) is 0 Å². The summed E-state index contributed by atoms with van der Waals surface area (Å²) in [6.45, 7) is 7.09. The van der Waals surface area contributed by atoms with Crippen molar-refractivity contribution in [3.63, 3.8) is 0 Å². The Hall–Kier alpha value is -1.09. The summed E-state index contributed by atoms with van der Waals surface area (Å²) in [5, 5.41) is 0. The van der Waals surface area contributed by atoms with E-state index in [0.717, 1.165) is 18.6 Å². The van der Waals surface area contributed by atoms with Gasteiger partial charge < -0.3 is 10.5 Å². The zero-order valence-electron chi connectivity index (χ0n) is 10.8. The first-order valence-electron chi connectivity index (χ1n) is 6.02. The van der Waals surface area contributed by atoms with Crippen molar-refractivity contribution in [1.29, 1.82) is 0 Å². The number of nitrogens with two attached hydrogens (primary N) is 1. The highest BCUT2D eigenvalue weighted by Gasteiger charge is 2.07. The first kappa shape index (κ1) is 14.0. The minimum absolute atomic E-state index is 0.473. The van der Waals surface area contributed by atoms with E-state index in [1.54, 1.807) is 0 Å². The second-order valence-electron chi connectivity index (χ2n) is 4.61. The van der Waals surface area contributed by atoms with E-state index in [9.17, 15) is 0 Å². The molecule has 0 unspecified atom stereocenters. The van der Waals surface area contributed by atoms with Gasteiger partial charge in [0.15, 0.2) is 0 Å². The molecule has 1 rings (SSSR count). The van der Waals surface area contributed by atoms with Crippen LogP contribution in [-0.4, -0.2) is 11.6 Å². The third kappa shape index (κ3) is 4.73. The molecule has 3 heteroatoms.